The molecule has 0 amide bonds. The summed E-state index contributed by atoms with van der Waals surface area (Å²) in [4.78, 5) is 0.0958. The van der Waals surface area contributed by atoms with Crippen LogP contribution in [0.3, 0.4) is 0 Å². The fraction of sp³-hybridized carbons (Fsp3) is 0.250. The molecule has 0 N–H and O–H groups in total. The largest absolute Gasteiger partial charge is 0.490 e. The van der Waals surface area contributed by atoms with E-state index < -0.39 is 0 Å². The third-order valence-corrected chi connectivity index (χ3v) is 5.25. The molecule has 0 bridgehead atoms. The van der Waals surface area contributed by atoms with Gasteiger partial charge in [0, 0.05) is 6.42 Å². The molecule has 104 valence electrons. The highest BCUT2D eigenvalue weighted by Gasteiger charge is 2.21. The van der Waals surface area contributed by atoms with E-state index in [1.54, 1.807) is 0 Å². The lowest BCUT2D eigenvalue weighted by Crippen LogP contribution is -2.05. The first-order valence-corrected chi connectivity index (χ1v) is 8.10. The zero-order valence-corrected chi connectivity index (χ0v) is 14.0. The molecule has 1 aliphatic heterocycles. The third kappa shape index (κ3) is 2.69. The summed E-state index contributed by atoms with van der Waals surface area (Å²) < 4.78 is 5.73. The average Bonchev–Trinajstić information content (AvgIpc) is 2.80. The lowest BCUT2D eigenvalue weighted by atomic mass is 10.0. The van der Waals surface area contributed by atoms with Gasteiger partial charge in [-0.2, -0.15) is 0 Å². The smallest absolute Gasteiger partial charge is 0.123 e. The van der Waals surface area contributed by atoms with Crippen LogP contribution < -0.4 is 4.74 Å². The lowest BCUT2D eigenvalue weighted by Gasteiger charge is -2.13. The van der Waals surface area contributed by atoms with Gasteiger partial charge in [0.05, 0.1) is 14.9 Å². The van der Waals surface area contributed by atoms with Crippen LogP contribution in [0.15, 0.2) is 36.4 Å². The molecule has 1 aliphatic rings. The van der Waals surface area contributed by atoms with E-state index in [1.807, 2.05) is 24.3 Å². The Morgan fingerprint density at radius 2 is 1.80 bits per heavy atom. The van der Waals surface area contributed by atoms with Crippen LogP contribution in [0.2, 0.25) is 10.0 Å². The van der Waals surface area contributed by atoms with E-state index in [4.69, 9.17) is 27.9 Å². The Morgan fingerprint density at radius 3 is 2.55 bits per heavy atom. The molecule has 0 radical (unpaired) electrons. The van der Waals surface area contributed by atoms with Crippen molar-refractivity contribution >= 4 is 39.1 Å². The van der Waals surface area contributed by atoms with Gasteiger partial charge in [0.25, 0.3) is 0 Å². The third-order valence-electron chi connectivity index (χ3n) is 3.45. The van der Waals surface area contributed by atoms with Crippen LogP contribution in [-0.4, -0.2) is 6.10 Å². The number of fused-ring (bicyclic) bond motifs is 1. The molecule has 1 nitrogen and oxygen atoms in total. The Balaban J connectivity index is 1.93. The van der Waals surface area contributed by atoms with Crippen molar-refractivity contribution in [3.05, 3.63) is 63.1 Å². The van der Waals surface area contributed by atoms with Crippen LogP contribution in [-0.2, 0) is 6.42 Å². The predicted octanol–water partition coefficient (Wildman–Crippen LogP) is 5.80. The molecule has 0 saturated heterocycles. The van der Waals surface area contributed by atoms with Crippen molar-refractivity contribution in [1.29, 1.82) is 0 Å². The SMILES string of the molecule is CC1Cc2cc(C(Br)c3ccc(Cl)c(Cl)c3)ccc2O1. The minimum atomic E-state index is 0.0958. The number of halogens is 3. The lowest BCUT2D eigenvalue weighted by molar-refractivity contribution is 0.254. The Labute approximate surface area is 137 Å². The van der Waals surface area contributed by atoms with Gasteiger partial charge in [0.15, 0.2) is 0 Å². The van der Waals surface area contributed by atoms with Crippen molar-refractivity contribution in [1.82, 2.24) is 0 Å². The van der Waals surface area contributed by atoms with E-state index in [0.717, 1.165) is 17.7 Å². The molecule has 0 spiro atoms. The fourth-order valence-electron chi connectivity index (χ4n) is 2.46. The van der Waals surface area contributed by atoms with Crippen LogP contribution in [0.1, 0.15) is 28.4 Å². The molecule has 4 heteroatoms. The Bertz CT molecular complexity index is 657. The molecule has 20 heavy (non-hydrogen) atoms. The zero-order valence-electron chi connectivity index (χ0n) is 10.9. The van der Waals surface area contributed by atoms with Crippen LogP contribution in [0.5, 0.6) is 5.75 Å². The average molecular weight is 372 g/mol. The van der Waals surface area contributed by atoms with Gasteiger partial charge in [0.2, 0.25) is 0 Å². The summed E-state index contributed by atoms with van der Waals surface area (Å²) in [5.41, 5.74) is 3.55. The van der Waals surface area contributed by atoms with Crippen LogP contribution >= 0.6 is 39.1 Å². The summed E-state index contributed by atoms with van der Waals surface area (Å²) in [6, 6.07) is 12.0. The molecule has 0 aliphatic carbocycles. The molecule has 0 saturated carbocycles. The highest BCUT2D eigenvalue weighted by Crippen LogP contribution is 2.37. The summed E-state index contributed by atoms with van der Waals surface area (Å²) in [6.07, 6.45) is 1.23. The Hall–Kier alpha value is -0.700. The molecular weight excluding hydrogens is 359 g/mol. The second kappa shape index (κ2) is 5.59. The molecule has 0 fully saturated rings. The van der Waals surface area contributed by atoms with E-state index in [9.17, 15) is 0 Å². The second-order valence-corrected chi connectivity index (χ2v) is 6.77. The number of rotatable bonds is 2. The highest BCUT2D eigenvalue weighted by molar-refractivity contribution is 9.09. The molecule has 2 unspecified atom stereocenters. The van der Waals surface area contributed by atoms with E-state index in [-0.39, 0.29) is 10.9 Å². The summed E-state index contributed by atoms with van der Waals surface area (Å²) in [7, 11) is 0. The van der Waals surface area contributed by atoms with Gasteiger partial charge in [-0.3, -0.25) is 0 Å². The quantitative estimate of drug-likeness (QED) is 0.606. The maximum atomic E-state index is 6.09. The minimum absolute atomic E-state index is 0.0958. The molecule has 2 atom stereocenters. The topological polar surface area (TPSA) is 9.23 Å². The van der Waals surface area contributed by atoms with Crippen LogP contribution in [0, 0.1) is 0 Å². The first kappa shape index (κ1) is 14.2. The van der Waals surface area contributed by atoms with Crippen molar-refractivity contribution in [2.45, 2.75) is 24.3 Å². The Morgan fingerprint density at radius 1 is 1.10 bits per heavy atom. The minimum Gasteiger partial charge on any atom is -0.490 e. The van der Waals surface area contributed by atoms with Gasteiger partial charge in [-0.15, -0.1) is 0 Å². The van der Waals surface area contributed by atoms with Gasteiger partial charge in [-0.25, -0.2) is 0 Å². The van der Waals surface area contributed by atoms with E-state index in [0.29, 0.717) is 10.0 Å². The number of benzene rings is 2. The second-order valence-electron chi connectivity index (χ2n) is 5.04. The molecule has 3 rings (SSSR count). The van der Waals surface area contributed by atoms with Gasteiger partial charge < -0.3 is 4.74 Å². The molecular formula is C16H13BrCl2O. The molecule has 1 heterocycles. The number of hydrogen-bond acceptors (Lipinski definition) is 1. The summed E-state index contributed by atoms with van der Waals surface area (Å²) >= 11 is 15.8. The summed E-state index contributed by atoms with van der Waals surface area (Å²) in [5.74, 6) is 0.995. The van der Waals surface area contributed by atoms with Crippen molar-refractivity contribution in [3.8, 4) is 5.75 Å². The highest BCUT2D eigenvalue weighted by atomic mass is 79.9. The monoisotopic (exact) mass is 370 g/mol. The van der Waals surface area contributed by atoms with Crippen LogP contribution in [0.4, 0.5) is 0 Å². The fourth-order valence-corrected chi connectivity index (χ4v) is 3.34. The zero-order chi connectivity index (χ0) is 14.3. The van der Waals surface area contributed by atoms with Gasteiger partial charge in [0.1, 0.15) is 11.9 Å². The maximum absolute atomic E-state index is 6.09. The molecule has 2 aromatic carbocycles. The first-order chi connectivity index (χ1) is 9.54. The van der Waals surface area contributed by atoms with E-state index in [1.165, 1.54) is 11.1 Å². The van der Waals surface area contributed by atoms with Crippen molar-refractivity contribution < 1.29 is 4.74 Å². The normalized spacial score (nSPS) is 18.5. The molecule has 0 aromatic heterocycles. The standard InChI is InChI=1S/C16H13BrCl2O/c1-9-6-12-7-10(3-5-15(12)20-9)16(17)11-2-4-13(18)14(19)8-11/h2-5,7-9,16H,6H2,1H3. The Kier molecular flexibility index (Phi) is 3.98. The maximum Gasteiger partial charge on any atom is 0.123 e. The van der Waals surface area contributed by atoms with Crippen molar-refractivity contribution in [2.24, 2.45) is 0 Å². The predicted molar refractivity (Wildman–Crippen MR) is 87.5 cm³/mol. The van der Waals surface area contributed by atoms with Crippen molar-refractivity contribution in [2.75, 3.05) is 0 Å². The number of hydrogen-bond donors (Lipinski definition) is 0. The number of ether oxygens (including phenoxy) is 1. The molecule has 2 aromatic rings. The van der Waals surface area contributed by atoms with E-state index in [2.05, 4.69) is 35.0 Å². The summed E-state index contributed by atoms with van der Waals surface area (Å²) in [5, 5.41) is 1.15. The van der Waals surface area contributed by atoms with E-state index >= 15 is 0 Å². The van der Waals surface area contributed by atoms with Crippen LogP contribution in [0.25, 0.3) is 0 Å². The van der Waals surface area contributed by atoms with Gasteiger partial charge >= 0.3 is 0 Å². The van der Waals surface area contributed by atoms with Gasteiger partial charge in [-0.1, -0.05) is 57.3 Å². The van der Waals surface area contributed by atoms with Crippen molar-refractivity contribution in [3.63, 3.8) is 0 Å². The number of alkyl halides is 1. The van der Waals surface area contributed by atoms with Gasteiger partial charge in [-0.05, 0) is 41.8 Å². The first-order valence-electron chi connectivity index (χ1n) is 6.43. The summed E-state index contributed by atoms with van der Waals surface area (Å²) in [6.45, 7) is 2.09.